The first kappa shape index (κ1) is 9.84. The van der Waals surface area contributed by atoms with Crippen LogP contribution in [0.1, 0.15) is 32.1 Å². The molecule has 12 heavy (non-hydrogen) atoms. The summed E-state index contributed by atoms with van der Waals surface area (Å²) in [5, 5.41) is 0. The van der Waals surface area contributed by atoms with Crippen molar-refractivity contribution in [3.63, 3.8) is 0 Å². The molecule has 72 valence electrons. The Morgan fingerprint density at radius 3 is 2.25 bits per heavy atom. The van der Waals surface area contributed by atoms with Crippen LogP contribution in [0.5, 0.6) is 0 Å². The summed E-state index contributed by atoms with van der Waals surface area (Å²) < 4.78 is 36.7. The van der Waals surface area contributed by atoms with E-state index in [1.165, 1.54) is 0 Å². The smallest absolute Gasteiger partial charge is 0.328 e. The van der Waals surface area contributed by atoms with E-state index in [2.05, 4.69) is 0 Å². The largest absolute Gasteiger partial charge is 0.391 e. The van der Waals surface area contributed by atoms with Gasteiger partial charge in [0.2, 0.25) is 0 Å². The summed E-state index contributed by atoms with van der Waals surface area (Å²) in [4.78, 5) is 0. The van der Waals surface area contributed by atoms with E-state index in [4.69, 9.17) is 5.73 Å². The van der Waals surface area contributed by atoms with Crippen molar-refractivity contribution in [3.05, 3.63) is 0 Å². The van der Waals surface area contributed by atoms with Gasteiger partial charge < -0.3 is 5.73 Å². The minimum Gasteiger partial charge on any atom is -0.328 e. The maximum atomic E-state index is 12.2. The summed E-state index contributed by atoms with van der Waals surface area (Å²) >= 11 is 0. The highest BCUT2D eigenvalue weighted by Gasteiger charge is 2.40. The third-order valence-electron chi connectivity index (χ3n) is 2.43. The zero-order chi connectivity index (χ0) is 9.19. The van der Waals surface area contributed by atoms with Crippen LogP contribution in [0.2, 0.25) is 0 Å². The van der Waals surface area contributed by atoms with Gasteiger partial charge in [-0.2, -0.15) is 13.2 Å². The molecule has 0 saturated heterocycles. The van der Waals surface area contributed by atoms with Gasteiger partial charge in [-0.3, -0.25) is 0 Å². The number of hydrogen-bond donors (Lipinski definition) is 1. The maximum Gasteiger partial charge on any atom is 0.391 e. The second kappa shape index (κ2) is 3.64. The highest BCUT2D eigenvalue weighted by molar-refractivity contribution is 4.77. The Morgan fingerprint density at radius 2 is 1.67 bits per heavy atom. The molecule has 0 aromatic carbocycles. The molecule has 2 N–H and O–H groups in total. The monoisotopic (exact) mass is 181 g/mol. The second-order valence-corrected chi connectivity index (χ2v) is 3.52. The van der Waals surface area contributed by atoms with Gasteiger partial charge in [-0.25, -0.2) is 0 Å². The van der Waals surface area contributed by atoms with Gasteiger partial charge in [0.15, 0.2) is 0 Å². The van der Waals surface area contributed by atoms with Crippen molar-refractivity contribution in [3.8, 4) is 0 Å². The first-order valence-corrected chi connectivity index (χ1v) is 4.32. The summed E-state index contributed by atoms with van der Waals surface area (Å²) in [6.07, 6.45) is -1.42. The molecule has 1 aliphatic rings. The minimum absolute atomic E-state index is 0.115. The normalized spacial score (nSPS) is 33.0. The van der Waals surface area contributed by atoms with E-state index in [9.17, 15) is 13.2 Å². The van der Waals surface area contributed by atoms with Crippen LogP contribution in [-0.2, 0) is 0 Å². The molecule has 1 rings (SSSR count). The lowest BCUT2D eigenvalue weighted by molar-refractivity contribution is -0.178. The average Bonchev–Trinajstić information content (AvgIpc) is 2.11. The van der Waals surface area contributed by atoms with Crippen LogP contribution in [0.25, 0.3) is 0 Å². The van der Waals surface area contributed by atoms with E-state index in [1.807, 2.05) is 0 Å². The number of halogens is 3. The first-order valence-electron chi connectivity index (χ1n) is 4.32. The maximum absolute atomic E-state index is 12.2. The third kappa shape index (κ3) is 2.66. The average molecular weight is 181 g/mol. The molecule has 0 bridgehead atoms. The first-order chi connectivity index (χ1) is 5.50. The number of rotatable bonds is 0. The Kier molecular flexibility index (Phi) is 2.99. The van der Waals surface area contributed by atoms with Crippen molar-refractivity contribution in [1.82, 2.24) is 0 Å². The number of nitrogens with two attached hydrogens (primary N) is 1. The summed E-state index contributed by atoms with van der Waals surface area (Å²) in [6, 6.07) is -0.251. The van der Waals surface area contributed by atoms with Crippen LogP contribution < -0.4 is 5.73 Å². The predicted molar refractivity (Wildman–Crippen MR) is 40.6 cm³/mol. The van der Waals surface area contributed by atoms with E-state index >= 15 is 0 Å². The van der Waals surface area contributed by atoms with Gasteiger partial charge in [0, 0.05) is 6.04 Å². The van der Waals surface area contributed by atoms with E-state index in [0.29, 0.717) is 6.42 Å². The van der Waals surface area contributed by atoms with Gasteiger partial charge in [-0.1, -0.05) is 12.8 Å². The molecule has 2 atom stereocenters. The molecule has 0 heterocycles. The lowest BCUT2D eigenvalue weighted by Gasteiger charge is -2.19. The van der Waals surface area contributed by atoms with Gasteiger partial charge in [0.25, 0.3) is 0 Å². The van der Waals surface area contributed by atoms with Crippen LogP contribution in [0, 0.1) is 5.92 Å². The van der Waals surface area contributed by atoms with Crippen LogP contribution in [0.4, 0.5) is 13.2 Å². The highest BCUT2D eigenvalue weighted by atomic mass is 19.4. The van der Waals surface area contributed by atoms with Gasteiger partial charge in [-0.15, -0.1) is 0 Å². The summed E-state index contributed by atoms with van der Waals surface area (Å²) in [5.41, 5.74) is 5.52. The zero-order valence-electron chi connectivity index (χ0n) is 6.90. The summed E-state index contributed by atoms with van der Waals surface area (Å²) in [7, 11) is 0. The quantitative estimate of drug-likeness (QED) is 0.571. The van der Waals surface area contributed by atoms with Crippen LogP contribution >= 0.6 is 0 Å². The molecule has 1 nitrogen and oxygen atoms in total. The van der Waals surface area contributed by atoms with Gasteiger partial charge in [0.05, 0.1) is 5.92 Å². The summed E-state index contributed by atoms with van der Waals surface area (Å²) in [6.45, 7) is 0. The SMILES string of the molecule is N[C@H]1CCCC[C@@H](C(F)(F)F)C1. The molecule has 0 aromatic heterocycles. The van der Waals surface area contributed by atoms with Crippen LogP contribution in [0.3, 0.4) is 0 Å². The fraction of sp³-hybridized carbons (Fsp3) is 1.00. The van der Waals surface area contributed by atoms with Crippen molar-refractivity contribution in [2.45, 2.75) is 44.3 Å². The molecular weight excluding hydrogens is 167 g/mol. The lowest BCUT2D eigenvalue weighted by atomic mass is 9.98. The fourth-order valence-electron chi connectivity index (χ4n) is 1.70. The Bertz CT molecular complexity index is 144. The molecule has 0 spiro atoms. The minimum atomic E-state index is -4.04. The van der Waals surface area contributed by atoms with E-state index in [0.717, 1.165) is 12.8 Å². The Hall–Kier alpha value is -0.250. The molecule has 0 aromatic rings. The van der Waals surface area contributed by atoms with Crippen LogP contribution in [0.15, 0.2) is 0 Å². The molecule has 0 unspecified atom stereocenters. The molecule has 1 saturated carbocycles. The van der Waals surface area contributed by atoms with Crippen LogP contribution in [-0.4, -0.2) is 12.2 Å². The Morgan fingerprint density at radius 1 is 1.08 bits per heavy atom. The van der Waals surface area contributed by atoms with Gasteiger partial charge in [0.1, 0.15) is 0 Å². The zero-order valence-corrected chi connectivity index (χ0v) is 6.90. The van der Waals surface area contributed by atoms with Crippen molar-refractivity contribution >= 4 is 0 Å². The van der Waals surface area contributed by atoms with Crippen molar-refractivity contribution in [1.29, 1.82) is 0 Å². The van der Waals surface area contributed by atoms with Crippen molar-refractivity contribution in [2.24, 2.45) is 11.7 Å². The van der Waals surface area contributed by atoms with Gasteiger partial charge in [-0.05, 0) is 19.3 Å². The van der Waals surface area contributed by atoms with Crippen molar-refractivity contribution < 1.29 is 13.2 Å². The Balaban J connectivity index is 2.52. The van der Waals surface area contributed by atoms with Crippen molar-refractivity contribution in [2.75, 3.05) is 0 Å². The number of hydrogen-bond acceptors (Lipinski definition) is 1. The molecule has 1 aliphatic carbocycles. The fourth-order valence-corrected chi connectivity index (χ4v) is 1.70. The van der Waals surface area contributed by atoms with E-state index in [1.54, 1.807) is 0 Å². The van der Waals surface area contributed by atoms with Gasteiger partial charge >= 0.3 is 6.18 Å². The lowest BCUT2D eigenvalue weighted by Crippen LogP contribution is -2.29. The molecule has 0 aliphatic heterocycles. The Labute approximate surface area is 70.1 Å². The van der Waals surface area contributed by atoms with E-state index in [-0.39, 0.29) is 18.9 Å². The molecular formula is C8H14F3N. The third-order valence-corrected chi connectivity index (χ3v) is 2.43. The van der Waals surface area contributed by atoms with E-state index < -0.39 is 12.1 Å². The predicted octanol–water partition coefficient (Wildman–Crippen LogP) is 2.46. The topological polar surface area (TPSA) is 26.0 Å². The number of alkyl halides is 3. The molecule has 0 amide bonds. The summed E-state index contributed by atoms with van der Waals surface area (Å²) in [5.74, 6) is -1.16. The molecule has 0 radical (unpaired) electrons. The second-order valence-electron chi connectivity index (χ2n) is 3.52. The highest BCUT2D eigenvalue weighted by Crippen LogP contribution is 2.35. The molecule has 4 heteroatoms. The standard InChI is InChI=1S/C8H14F3N/c9-8(10,11)6-3-1-2-4-7(12)5-6/h6-7H,1-5,12H2/t6-,7+/m1/s1. The molecule has 1 fully saturated rings.